The van der Waals surface area contributed by atoms with Gasteiger partial charge >= 0.3 is 6.18 Å². The molecular formula is C34H36F3IN2O8. The minimum atomic E-state index is -4.61. The summed E-state index contributed by atoms with van der Waals surface area (Å²) < 4.78 is 57.7. The minimum absolute atomic E-state index is 0.00767. The van der Waals surface area contributed by atoms with Crippen LogP contribution >= 0.6 is 22.6 Å². The van der Waals surface area contributed by atoms with Crippen molar-refractivity contribution in [3.8, 4) is 17.2 Å². The molecule has 3 atom stereocenters. The third-order valence-corrected chi connectivity index (χ3v) is 8.68. The van der Waals surface area contributed by atoms with Crippen molar-refractivity contribution in [3.63, 3.8) is 0 Å². The molecule has 0 spiro atoms. The molecule has 0 bridgehead atoms. The van der Waals surface area contributed by atoms with Gasteiger partial charge in [0.1, 0.15) is 18.0 Å². The van der Waals surface area contributed by atoms with Gasteiger partial charge in [-0.05, 0) is 88.7 Å². The second-order valence-electron chi connectivity index (χ2n) is 10.9. The Hall–Kier alpha value is -3.86. The third-order valence-electron chi connectivity index (χ3n) is 7.88. The summed E-state index contributed by atoms with van der Waals surface area (Å²) >= 11 is 1.99. The number of carbonyl (C=O) groups is 2. The topological polar surface area (TPSA) is 138 Å². The SMILES string of the molecule is COc1ccccc1CCN(C(=O)c1ccc(C(F)(F)F)cc1)[C@@H]1CC(C(=O)NCCO)=C[C@H](Oc2c(I)cc(CO)cc2OC)[C@H]1O. The molecule has 0 aliphatic heterocycles. The number of hydrogen-bond donors (Lipinski definition) is 4. The van der Waals surface area contributed by atoms with Crippen LogP contribution in [-0.4, -0.2) is 84.2 Å². The average Bonchev–Trinajstić information content (AvgIpc) is 3.08. The number of carbonyl (C=O) groups excluding carboxylic acids is 2. The molecule has 3 aromatic rings. The highest BCUT2D eigenvalue weighted by molar-refractivity contribution is 14.1. The molecule has 1 aliphatic rings. The van der Waals surface area contributed by atoms with Gasteiger partial charge in [0.2, 0.25) is 5.91 Å². The fourth-order valence-corrected chi connectivity index (χ4v) is 6.22. The molecule has 0 saturated heterocycles. The Labute approximate surface area is 289 Å². The molecular weight excluding hydrogens is 748 g/mol. The first-order chi connectivity index (χ1) is 22.9. The van der Waals surface area contributed by atoms with Gasteiger partial charge in [-0.25, -0.2) is 0 Å². The van der Waals surface area contributed by atoms with Crippen LogP contribution in [0.3, 0.4) is 0 Å². The highest BCUT2D eigenvalue weighted by Gasteiger charge is 2.41. The van der Waals surface area contributed by atoms with Crippen molar-refractivity contribution in [2.24, 2.45) is 0 Å². The van der Waals surface area contributed by atoms with Crippen LogP contribution in [0.15, 0.2) is 72.3 Å². The molecule has 0 saturated carbocycles. The zero-order valence-corrected chi connectivity index (χ0v) is 28.3. The number of alkyl halides is 3. The first-order valence-electron chi connectivity index (χ1n) is 14.9. The third kappa shape index (κ3) is 8.78. The number of nitrogens with zero attached hydrogens (tertiary/aromatic N) is 1. The normalized spacial score (nSPS) is 17.7. The smallest absolute Gasteiger partial charge is 0.416 e. The number of nitrogens with one attached hydrogen (secondary N) is 1. The number of rotatable bonds is 13. The Morgan fingerprint density at radius 1 is 1.02 bits per heavy atom. The number of halogens is 4. The maximum atomic E-state index is 14.1. The Bertz CT molecular complexity index is 1620. The molecule has 0 aromatic heterocycles. The summed E-state index contributed by atoms with van der Waals surface area (Å²) in [6, 6.07) is 13.1. The number of aliphatic hydroxyl groups is 3. The van der Waals surface area contributed by atoms with Crippen molar-refractivity contribution < 1.29 is 52.3 Å². The predicted octanol–water partition coefficient (Wildman–Crippen LogP) is 4.12. The largest absolute Gasteiger partial charge is 0.496 e. The summed E-state index contributed by atoms with van der Waals surface area (Å²) in [7, 11) is 2.91. The van der Waals surface area contributed by atoms with E-state index in [-0.39, 0.29) is 61.8 Å². The van der Waals surface area contributed by atoms with Crippen molar-refractivity contribution >= 4 is 34.4 Å². The van der Waals surface area contributed by atoms with Gasteiger partial charge in [-0.2, -0.15) is 13.2 Å². The van der Waals surface area contributed by atoms with Gasteiger partial charge < -0.3 is 39.7 Å². The standard InChI is InChI=1S/C34H36F3IN2O8/c1-46-27-6-4-3-5-21(27)11-13-40(33(45)22-7-9-24(10-8-22)34(35,36)37)26-17-23(32(44)39-12-14-41)18-28(30(26)43)48-31-25(38)15-20(19-42)16-29(31)47-2/h3-10,15-16,18,26,28,30,41-43H,11-14,17,19H2,1-2H3,(H,39,44)/t26-,28+,30+/m1/s1. The summed E-state index contributed by atoms with van der Waals surface area (Å²) in [6.45, 7) is -0.643. The van der Waals surface area contributed by atoms with Crippen LogP contribution in [0.1, 0.15) is 33.5 Å². The summed E-state index contributed by atoms with van der Waals surface area (Å²) in [5.74, 6) is -0.187. The molecule has 10 nitrogen and oxygen atoms in total. The van der Waals surface area contributed by atoms with Gasteiger partial charge in [-0.3, -0.25) is 9.59 Å². The quantitative estimate of drug-likeness (QED) is 0.190. The van der Waals surface area contributed by atoms with Crippen LogP contribution in [0.2, 0.25) is 0 Å². The maximum absolute atomic E-state index is 14.1. The van der Waals surface area contributed by atoms with Crippen molar-refractivity contribution in [1.82, 2.24) is 10.2 Å². The van der Waals surface area contributed by atoms with Crippen LogP contribution in [-0.2, 0) is 24.0 Å². The molecule has 14 heteroatoms. The molecule has 2 amide bonds. The molecule has 0 fully saturated rings. The molecule has 48 heavy (non-hydrogen) atoms. The molecule has 1 aliphatic carbocycles. The van der Waals surface area contributed by atoms with E-state index in [0.717, 1.165) is 29.8 Å². The van der Waals surface area contributed by atoms with E-state index in [4.69, 9.17) is 14.2 Å². The number of amides is 2. The van der Waals surface area contributed by atoms with Crippen molar-refractivity contribution in [2.45, 2.75) is 43.9 Å². The summed E-state index contributed by atoms with van der Waals surface area (Å²) in [5.41, 5.74) is 0.474. The Morgan fingerprint density at radius 3 is 2.33 bits per heavy atom. The number of hydrogen-bond acceptors (Lipinski definition) is 8. The molecule has 3 aromatic carbocycles. The van der Waals surface area contributed by atoms with Gasteiger partial charge in [0.15, 0.2) is 11.5 Å². The van der Waals surface area contributed by atoms with E-state index in [1.165, 1.54) is 25.2 Å². The lowest BCUT2D eigenvalue weighted by Crippen LogP contribution is -2.55. The summed E-state index contributed by atoms with van der Waals surface area (Å²) in [6.07, 6.45) is -5.68. The fourth-order valence-electron chi connectivity index (χ4n) is 5.43. The van der Waals surface area contributed by atoms with Crippen molar-refractivity contribution in [3.05, 3.63) is 98.1 Å². The first-order valence-corrected chi connectivity index (χ1v) is 16.0. The van der Waals surface area contributed by atoms with E-state index in [1.807, 2.05) is 22.6 Å². The van der Waals surface area contributed by atoms with Crippen LogP contribution < -0.4 is 19.5 Å². The van der Waals surface area contributed by atoms with E-state index >= 15 is 0 Å². The van der Waals surface area contributed by atoms with Crippen molar-refractivity contribution in [2.75, 3.05) is 33.9 Å². The monoisotopic (exact) mass is 784 g/mol. The van der Waals surface area contributed by atoms with E-state index in [0.29, 0.717) is 14.9 Å². The summed E-state index contributed by atoms with van der Waals surface area (Å²) in [4.78, 5) is 28.7. The number of benzene rings is 3. The van der Waals surface area contributed by atoms with E-state index in [2.05, 4.69) is 5.32 Å². The van der Waals surface area contributed by atoms with Crippen molar-refractivity contribution in [1.29, 1.82) is 0 Å². The Morgan fingerprint density at radius 2 is 1.71 bits per heavy atom. The second kappa shape index (κ2) is 16.5. The zero-order valence-electron chi connectivity index (χ0n) is 26.2. The lowest BCUT2D eigenvalue weighted by molar-refractivity contribution is -0.137. The number of ether oxygens (including phenoxy) is 3. The van der Waals surface area contributed by atoms with Crippen LogP contribution in [0.5, 0.6) is 17.2 Å². The fraction of sp³-hybridized carbons (Fsp3) is 0.353. The van der Waals surface area contributed by atoms with E-state index in [9.17, 15) is 38.1 Å². The summed E-state index contributed by atoms with van der Waals surface area (Å²) in [5, 5.41) is 33.4. The van der Waals surface area contributed by atoms with E-state index < -0.39 is 41.8 Å². The zero-order chi connectivity index (χ0) is 35.0. The molecule has 4 rings (SSSR count). The molecule has 258 valence electrons. The first kappa shape index (κ1) is 37.0. The van der Waals surface area contributed by atoms with Crippen LogP contribution in [0.4, 0.5) is 13.2 Å². The Balaban J connectivity index is 1.77. The molecule has 0 heterocycles. The van der Waals surface area contributed by atoms with Gasteiger partial charge in [0.05, 0.1) is 42.6 Å². The number of aliphatic hydroxyl groups excluding tert-OH is 3. The molecule has 0 radical (unpaired) electrons. The lowest BCUT2D eigenvalue weighted by atomic mass is 9.87. The van der Waals surface area contributed by atoms with Gasteiger partial charge in [-0.1, -0.05) is 18.2 Å². The highest BCUT2D eigenvalue weighted by atomic mass is 127. The van der Waals surface area contributed by atoms with Crippen LogP contribution in [0.25, 0.3) is 0 Å². The van der Waals surface area contributed by atoms with Gasteiger partial charge in [0, 0.05) is 30.6 Å². The number of methoxy groups -OCH3 is 2. The van der Waals surface area contributed by atoms with E-state index in [1.54, 1.807) is 36.4 Å². The predicted molar refractivity (Wildman–Crippen MR) is 178 cm³/mol. The second-order valence-corrected chi connectivity index (χ2v) is 12.1. The maximum Gasteiger partial charge on any atom is 0.416 e. The average molecular weight is 785 g/mol. The number of para-hydroxylation sites is 1. The van der Waals surface area contributed by atoms with Gasteiger partial charge in [-0.15, -0.1) is 0 Å². The van der Waals surface area contributed by atoms with Crippen LogP contribution in [0, 0.1) is 3.57 Å². The lowest BCUT2D eigenvalue weighted by Gasteiger charge is -2.41. The molecule has 0 unspecified atom stereocenters. The Kier molecular flexibility index (Phi) is 12.7. The minimum Gasteiger partial charge on any atom is -0.496 e. The highest BCUT2D eigenvalue weighted by Crippen LogP contribution is 2.38. The van der Waals surface area contributed by atoms with Gasteiger partial charge in [0.25, 0.3) is 5.91 Å². The molecule has 4 N–H and O–H groups in total.